The van der Waals surface area contributed by atoms with Gasteiger partial charge in [0.2, 0.25) is 5.91 Å². The van der Waals surface area contributed by atoms with Crippen LogP contribution in [0.4, 0.5) is 11.5 Å². The van der Waals surface area contributed by atoms with E-state index in [2.05, 4.69) is 26.9 Å². The summed E-state index contributed by atoms with van der Waals surface area (Å²) >= 11 is 0. The molecule has 3 N–H and O–H groups in total. The Labute approximate surface area is 144 Å². The van der Waals surface area contributed by atoms with E-state index in [-0.39, 0.29) is 0 Å². The van der Waals surface area contributed by atoms with Crippen molar-refractivity contribution in [3.05, 3.63) is 58.7 Å². The van der Waals surface area contributed by atoms with Crippen LogP contribution in [0.5, 0.6) is 0 Å². The first-order valence-electron chi connectivity index (χ1n) is 7.62. The van der Waals surface area contributed by atoms with Gasteiger partial charge in [-0.05, 0) is 35.6 Å². The predicted molar refractivity (Wildman–Crippen MR) is 101 cm³/mol. The highest BCUT2D eigenvalue weighted by Gasteiger charge is 2.06. The molecule has 0 fully saturated rings. The molecule has 3 rings (SSSR count). The first kappa shape index (κ1) is 16.3. The first-order chi connectivity index (χ1) is 12.1. The Morgan fingerprint density at radius 1 is 1.36 bits per heavy atom. The number of carbonyl (C=O) groups is 1. The number of hydrogen-bond donors (Lipinski definition) is 2. The average molecular weight is 331 g/mol. The van der Waals surface area contributed by atoms with Crippen LogP contribution in [0.15, 0.2) is 47.7 Å². The van der Waals surface area contributed by atoms with Crippen molar-refractivity contribution in [3.63, 3.8) is 0 Å². The van der Waals surface area contributed by atoms with Crippen molar-refractivity contribution in [1.29, 1.82) is 0 Å². The number of nitrogens with two attached hydrogens (primary N) is 1. The van der Waals surface area contributed by atoms with Gasteiger partial charge in [0, 0.05) is 41.3 Å². The normalized spacial score (nSPS) is 12.0. The van der Waals surface area contributed by atoms with Crippen molar-refractivity contribution >= 4 is 47.2 Å². The van der Waals surface area contributed by atoms with E-state index in [0.29, 0.717) is 17.1 Å². The number of benzene rings is 1. The van der Waals surface area contributed by atoms with Gasteiger partial charge in [0.1, 0.15) is 5.82 Å². The van der Waals surface area contributed by atoms with Crippen LogP contribution in [0.25, 0.3) is 23.6 Å². The van der Waals surface area contributed by atoms with Crippen molar-refractivity contribution in [2.75, 3.05) is 12.4 Å². The van der Waals surface area contributed by atoms with E-state index >= 15 is 0 Å². The molecule has 0 bridgehead atoms. The zero-order valence-electron chi connectivity index (χ0n) is 13.7. The molecule has 3 aromatic rings. The Morgan fingerprint density at radius 3 is 2.96 bits per heavy atom. The Kier molecular flexibility index (Phi) is 4.52. The van der Waals surface area contributed by atoms with Crippen molar-refractivity contribution in [1.82, 2.24) is 9.97 Å². The monoisotopic (exact) mass is 331 g/mol. The van der Waals surface area contributed by atoms with Gasteiger partial charge in [-0.3, -0.25) is 14.8 Å². The Morgan fingerprint density at radius 2 is 2.20 bits per heavy atom. The molecule has 0 saturated carbocycles. The molecule has 0 spiro atoms. The third kappa shape index (κ3) is 3.37. The highest BCUT2D eigenvalue weighted by molar-refractivity contribution is 5.95. The fourth-order valence-corrected chi connectivity index (χ4v) is 2.51. The van der Waals surface area contributed by atoms with Gasteiger partial charge in [-0.1, -0.05) is 12.6 Å². The summed E-state index contributed by atoms with van der Waals surface area (Å²) in [5.41, 5.74) is 7.20. The lowest BCUT2D eigenvalue weighted by Gasteiger charge is -2.09. The molecule has 0 radical (unpaired) electrons. The van der Waals surface area contributed by atoms with Crippen molar-refractivity contribution in [3.8, 4) is 0 Å². The lowest BCUT2D eigenvalue weighted by Crippen LogP contribution is -2.28. The van der Waals surface area contributed by atoms with Crippen LogP contribution < -0.4 is 21.5 Å². The molecule has 6 nitrogen and oxygen atoms in total. The number of aliphatic imine (C=N–C) groups is 1. The molecule has 0 aliphatic heterocycles. The summed E-state index contributed by atoms with van der Waals surface area (Å²) in [6.07, 6.45) is 6.92. The molecule has 0 aliphatic carbocycles. The summed E-state index contributed by atoms with van der Waals surface area (Å²) in [6.45, 7) is 4.17. The number of carbonyl (C=O) groups excluding carboxylic acids is 1. The fraction of sp³-hybridized carbons (Fsp3) is 0.0526. The van der Waals surface area contributed by atoms with Gasteiger partial charge >= 0.3 is 0 Å². The van der Waals surface area contributed by atoms with Crippen LogP contribution >= 0.6 is 0 Å². The topological polar surface area (TPSA) is 93.3 Å². The van der Waals surface area contributed by atoms with Crippen LogP contribution in [-0.2, 0) is 0 Å². The summed E-state index contributed by atoms with van der Waals surface area (Å²) < 4.78 is 0. The number of hydrogen-bond acceptors (Lipinski definition) is 5. The maximum atomic E-state index is 11.4. The maximum absolute atomic E-state index is 11.4. The van der Waals surface area contributed by atoms with Gasteiger partial charge in [0.05, 0.1) is 11.7 Å². The lowest BCUT2D eigenvalue weighted by atomic mass is 10.1. The molecule has 25 heavy (non-hydrogen) atoms. The molecule has 2 heterocycles. The van der Waals surface area contributed by atoms with E-state index in [1.807, 2.05) is 18.2 Å². The lowest BCUT2D eigenvalue weighted by molar-refractivity contribution is 0.100. The molecule has 1 amide bonds. The van der Waals surface area contributed by atoms with Crippen molar-refractivity contribution in [2.24, 2.45) is 10.7 Å². The number of fused-ring (bicyclic) bond motifs is 1. The van der Waals surface area contributed by atoms with Gasteiger partial charge in [-0.2, -0.15) is 0 Å². The number of pyridine rings is 2. The maximum Gasteiger partial charge on any atom is 0.248 e. The predicted octanol–water partition coefficient (Wildman–Crippen LogP) is 1.36. The quantitative estimate of drug-likeness (QED) is 0.706. The second-order valence-electron chi connectivity index (χ2n) is 5.39. The largest absolute Gasteiger partial charge is 0.366 e. The highest BCUT2D eigenvalue weighted by Crippen LogP contribution is 2.15. The molecule has 0 unspecified atom stereocenters. The summed E-state index contributed by atoms with van der Waals surface area (Å²) in [5, 5.41) is 5.78. The number of aromatic nitrogens is 2. The van der Waals surface area contributed by atoms with Gasteiger partial charge in [-0.15, -0.1) is 0 Å². The molecule has 1 aromatic carbocycles. The zero-order chi connectivity index (χ0) is 17.8. The minimum absolute atomic E-state index is 0.419. The molecule has 124 valence electrons. The van der Waals surface area contributed by atoms with Gasteiger partial charge in [0.15, 0.2) is 0 Å². The van der Waals surface area contributed by atoms with E-state index in [1.54, 1.807) is 43.9 Å². The summed E-state index contributed by atoms with van der Waals surface area (Å²) in [7, 11) is 1.70. The standard InChI is InChI=1S/C19H17N5O/c1-12-15-7-9-22-11-17(15)24-19(16(12)6-8-21-2)23-14-5-3-4-13(10-14)18(20)25/h3-11H,1H2,2H3,(H2,20,25)(H,23,24)/b16-6+,21-8-. The molecular formula is C19H17N5O. The van der Waals surface area contributed by atoms with E-state index in [0.717, 1.165) is 21.3 Å². The van der Waals surface area contributed by atoms with Crippen LogP contribution in [0.1, 0.15) is 10.4 Å². The van der Waals surface area contributed by atoms with E-state index in [4.69, 9.17) is 5.73 Å². The summed E-state index contributed by atoms with van der Waals surface area (Å²) in [4.78, 5) is 24.1. The number of primary amides is 1. The number of nitrogens with one attached hydrogen (secondary N) is 1. The second-order valence-corrected chi connectivity index (χ2v) is 5.39. The zero-order valence-corrected chi connectivity index (χ0v) is 13.7. The van der Waals surface area contributed by atoms with Gasteiger partial charge in [-0.25, -0.2) is 4.98 Å². The highest BCUT2D eigenvalue weighted by atomic mass is 16.1. The van der Waals surface area contributed by atoms with E-state index in [9.17, 15) is 4.79 Å². The van der Waals surface area contributed by atoms with Crippen LogP contribution in [0, 0.1) is 0 Å². The van der Waals surface area contributed by atoms with Crippen molar-refractivity contribution in [2.45, 2.75) is 0 Å². The van der Waals surface area contributed by atoms with E-state index < -0.39 is 5.91 Å². The molecule has 6 heteroatoms. The molecule has 2 aromatic heterocycles. The second kappa shape index (κ2) is 6.92. The molecule has 0 saturated heterocycles. The van der Waals surface area contributed by atoms with Crippen molar-refractivity contribution < 1.29 is 4.79 Å². The number of rotatable bonds is 4. The molecular weight excluding hydrogens is 314 g/mol. The number of nitrogens with zero attached hydrogens (tertiary/aromatic N) is 3. The van der Waals surface area contributed by atoms with Gasteiger partial charge in [0.25, 0.3) is 0 Å². The minimum Gasteiger partial charge on any atom is -0.366 e. The Bertz CT molecular complexity index is 1090. The number of amides is 1. The van der Waals surface area contributed by atoms with E-state index in [1.165, 1.54) is 0 Å². The molecule has 0 aliphatic rings. The van der Waals surface area contributed by atoms with Crippen LogP contribution in [-0.4, -0.2) is 29.1 Å². The fourth-order valence-electron chi connectivity index (χ4n) is 2.51. The Hall–Kier alpha value is -3.54. The first-order valence-corrected chi connectivity index (χ1v) is 7.62. The van der Waals surface area contributed by atoms with Crippen LogP contribution in [0.3, 0.4) is 0 Å². The summed E-state index contributed by atoms with van der Waals surface area (Å²) in [5.74, 6) is 0.120. The Balaban J connectivity index is 2.19. The smallest absolute Gasteiger partial charge is 0.248 e. The number of anilines is 2. The third-order valence-electron chi connectivity index (χ3n) is 3.74. The third-order valence-corrected chi connectivity index (χ3v) is 3.74. The van der Waals surface area contributed by atoms with Crippen LogP contribution in [0.2, 0.25) is 0 Å². The minimum atomic E-state index is -0.484. The average Bonchev–Trinajstić information content (AvgIpc) is 2.62. The SMILES string of the molecule is C=c1/c(=C\C=N/C)c(Nc2cccc(C(N)=O)c2)nc2cnccc12. The molecule has 0 atom stereocenters. The summed E-state index contributed by atoms with van der Waals surface area (Å²) in [6, 6.07) is 8.81. The van der Waals surface area contributed by atoms with Gasteiger partial charge < -0.3 is 11.1 Å².